The number of methoxy groups -OCH3 is 2. The molecule has 20 heavy (non-hydrogen) atoms. The number of sulfonamides is 1. The van der Waals surface area contributed by atoms with Gasteiger partial charge in [-0.1, -0.05) is 0 Å². The van der Waals surface area contributed by atoms with Crippen molar-refractivity contribution in [3.63, 3.8) is 0 Å². The topological polar surface area (TPSA) is 111 Å². The maximum absolute atomic E-state index is 10.8. The highest BCUT2D eigenvalue weighted by molar-refractivity contribution is 7.89. The van der Waals surface area contributed by atoms with Crippen LogP contribution in [0, 0.1) is 0 Å². The van der Waals surface area contributed by atoms with Crippen LogP contribution in [0.15, 0.2) is 12.1 Å². The van der Waals surface area contributed by atoms with E-state index in [2.05, 4.69) is 5.32 Å². The smallest absolute Gasteiger partial charge is 0.209 e. The van der Waals surface area contributed by atoms with Crippen molar-refractivity contribution in [1.29, 1.82) is 0 Å². The number of primary sulfonamides is 1. The number of hydrogen-bond acceptors (Lipinski definition) is 6. The lowest BCUT2D eigenvalue weighted by atomic mass is 10.2. The first kappa shape index (κ1) is 16.5. The lowest BCUT2D eigenvalue weighted by Gasteiger charge is -2.11. The van der Waals surface area contributed by atoms with Crippen LogP contribution in [0.1, 0.15) is 12.0 Å². The number of hydrogen-bond donors (Lipinski definition) is 3. The number of nitrogens with one attached hydrogen (secondary N) is 1. The van der Waals surface area contributed by atoms with Crippen LogP contribution >= 0.6 is 0 Å². The summed E-state index contributed by atoms with van der Waals surface area (Å²) in [5.74, 6) is 0.548. The molecule has 0 heterocycles. The minimum Gasteiger partial charge on any atom is -0.502 e. The molecule has 0 aromatic heterocycles. The lowest BCUT2D eigenvalue weighted by molar-refractivity contribution is 0.339. The Balaban J connectivity index is 2.56. The highest BCUT2D eigenvalue weighted by Gasteiger charge is 2.11. The average Bonchev–Trinajstić information content (AvgIpc) is 2.38. The van der Waals surface area contributed by atoms with E-state index in [1.807, 2.05) is 0 Å². The Bertz CT molecular complexity index is 520. The van der Waals surface area contributed by atoms with E-state index in [0.29, 0.717) is 31.0 Å². The largest absolute Gasteiger partial charge is 0.502 e. The summed E-state index contributed by atoms with van der Waals surface area (Å²) in [6, 6.07) is 3.37. The highest BCUT2D eigenvalue weighted by atomic mass is 32.2. The lowest BCUT2D eigenvalue weighted by Crippen LogP contribution is -2.22. The van der Waals surface area contributed by atoms with Gasteiger partial charge in [-0.3, -0.25) is 0 Å². The zero-order valence-corrected chi connectivity index (χ0v) is 12.4. The predicted octanol–water partition coefficient (Wildman–Crippen LogP) is 0.178. The summed E-state index contributed by atoms with van der Waals surface area (Å²) < 4.78 is 31.6. The third-order valence-corrected chi connectivity index (χ3v) is 3.51. The van der Waals surface area contributed by atoms with Crippen molar-refractivity contribution in [3.05, 3.63) is 17.7 Å². The number of rotatable bonds is 8. The van der Waals surface area contributed by atoms with Crippen molar-refractivity contribution in [1.82, 2.24) is 5.32 Å². The predicted molar refractivity (Wildman–Crippen MR) is 75.5 cm³/mol. The van der Waals surface area contributed by atoms with Gasteiger partial charge >= 0.3 is 0 Å². The zero-order valence-electron chi connectivity index (χ0n) is 11.5. The molecule has 0 aliphatic carbocycles. The second-order valence-corrected chi connectivity index (χ2v) is 5.98. The number of aromatic hydroxyl groups is 1. The van der Waals surface area contributed by atoms with Crippen molar-refractivity contribution in [2.24, 2.45) is 5.14 Å². The second-order valence-electron chi connectivity index (χ2n) is 4.25. The van der Waals surface area contributed by atoms with Gasteiger partial charge in [0.1, 0.15) is 0 Å². The summed E-state index contributed by atoms with van der Waals surface area (Å²) in [5, 5.41) is 17.7. The molecular formula is C12H20N2O5S. The molecule has 1 aromatic carbocycles. The van der Waals surface area contributed by atoms with Crippen molar-refractivity contribution in [3.8, 4) is 17.2 Å². The van der Waals surface area contributed by atoms with E-state index in [-0.39, 0.29) is 11.5 Å². The monoisotopic (exact) mass is 304 g/mol. The molecule has 114 valence electrons. The fraction of sp³-hybridized carbons (Fsp3) is 0.500. The van der Waals surface area contributed by atoms with Crippen LogP contribution in [0.4, 0.5) is 0 Å². The molecule has 8 heteroatoms. The van der Waals surface area contributed by atoms with Crippen LogP contribution < -0.4 is 19.9 Å². The SMILES string of the molecule is COc1cc(CNCCCS(N)(=O)=O)cc(OC)c1O. The minimum atomic E-state index is -3.41. The fourth-order valence-corrected chi connectivity index (χ4v) is 2.23. The van der Waals surface area contributed by atoms with Gasteiger partial charge in [0.05, 0.1) is 20.0 Å². The molecule has 1 rings (SSSR count). The average molecular weight is 304 g/mol. The van der Waals surface area contributed by atoms with Crippen LogP contribution in [0.2, 0.25) is 0 Å². The van der Waals surface area contributed by atoms with Gasteiger partial charge in [-0.05, 0) is 30.7 Å². The summed E-state index contributed by atoms with van der Waals surface area (Å²) in [6.07, 6.45) is 0.436. The van der Waals surface area contributed by atoms with E-state index in [1.165, 1.54) is 14.2 Å². The first-order chi connectivity index (χ1) is 9.37. The maximum Gasteiger partial charge on any atom is 0.209 e. The Morgan fingerprint density at radius 1 is 1.25 bits per heavy atom. The molecule has 0 amide bonds. The molecule has 7 nitrogen and oxygen atoms in total. The Morgan fingerprint density at radius 3 is 2.25 bits per heavy atom. The van der Waals surface area contributed by atoms with Gasteiger partial charge in [-0.25, -0.2) is 13.6 Å². The Labute approximate surface area is 118 Å². The van der Waals surface area contributed by atoms with Gasteiger partial charge in [-0.2, -0.15) is 0 Å². The number of ether oxygens (including phenoxy) is 2. The molecule has 0 aliphatic heterocycles. The molecule has 4 N–H and O–H groups in total. The van der Waals surface area contributed by atoms with Crippen LogP contribution in [-0.4, -0.2) is 40.0 Å². The van der Waals surface area contributed by atoms with Gasteiger partial charge in [0.15, 0.2) is 11.5 Å². The first-order valence-electron chi connectivity index (χ1n) is 6.02. The van der Waals surface area contributed by atoms with Gasteiger partial charge < -0.3 is 19.9 Å². The van der Waals surface area contributed by atoms with E-state index >= 15 is 0 Å². The van der Waals surface area contributed by atoms with Crippen LogP contribution in [0.3, 0.4) is 0 Å². The molecule has 0 bridgehead atoms. The molecule has 0 radical (unpaired) electrons. The number of phenolic OH excluding ortho intramolecular Hbond substituents is 1. The van der Waals surface area contributed by atoms with Gasteiger partial charge in [-0.15, -0.1) is 0 Å². The molecule has 0 saturated carbocycles. The van der Waals surface area contributed by atoms with E-state index in [4.69, 9.17) is 14.6 Å². The number of phenols is 1. The molecule has 0 unspecified atom stereocenters. The van der Waals surface area contributed by atoms with Gasteiger partial charge in [0.25, 0.3) is 0 Å². The molecule has 0 spiro atoms. The zero-order chi connectivity index (χ0) is 15.2. The van der Waals surface area contributed by atoms with Crippen LogP contribution in [-0.2, 0) is 16.6 Å². The minimum absolute atomic E-state index is 0.0482. The van der Waals surface area contributed by atoms with E-state index in [9.17, 15) is 13.5 Å². The standard InChI is InChI=1S/C12H20N2O5S/c1-18-10-6-9(7-11(19-2)12(10)15)8-14-4-3-5-20(13,16)17/h6-7,14-15H,3-5,8H2,1-2H3,(H2,13,16,17). The first-order valence-corrected chi connectivity index (χ1v) is 7.74. The Kier molecular flexibility index (Phi) is 6.05. The molecule has 0 atom stereocenters. The summed E-state index contributed by atoms with van der Waals surface area (Å²) in [7, 11) is -0.497. The normalized spacial score (nSPS) is 11.3. The van der Waals surface area contributed by atoms with Crippen LogP contribution in [0.25, 0.3) is 0 Å². The fourth-order valence-electron chi connectivity index (χ4n) is 1.68. The van der Waals surface area contributed by atoms with Crippen molar-refractivity contribution in [2.75, 3.05) is 26.5 Å². The summed E-state index contributed by atoms with van der Waals surface area (Å²) in [6.45, 7) is 1.01. The molecule has 0 fully saturated rings. The summed E-state index contributed by atoms with van der Waals surface area (Å²) in [4.78, 5) is 0. The molecular weight excluding hydrogens is 284 g/mol. The summed E-state index contributed by atoms with van der Waals surface area (Å²) >= 11 is 0. The Hall–Kier alpha value is -1.51. The van der Waals surface area contributed by atoms with Gasteiger partial charge in [0, 0.05) is 6.54 Å². The summed E-state index contributed by atoms with van der Waals surface area (Å²) in [5.41, 5.74) is 0.854. The van der Waals surface area contributed by atoms with E-state index in [0.717, 1.165) is 5.56 Å². The Morgan fingerprint density at radius 2 is 1.80 bits per heavy atom. The molecule has 0 saturated heterocycles. The van der Waals surface area contributed by atoms with E-state index in [1.54, 1.807) is 12.1 Å². The van der Waals surface area contributed by atoms with E-state index < -0.39 is 10.0 Å². The molecule has 0 aliphatic rings. The second kappa shape index (κ2) is 7.32. The third-order valence-electron chi connectivity index (χ3n) is 2.65. The highest BCUT2D eigenvalue weighted by Crippen LogP contribution is 2.36. The quantitative estimate of drug-likeness (QED) is 0.591. The van der Waals surface area contributed by atoms with Crippen LogP contribution in [0.5, 0.6) is 17.2 Å². The third kappa shape index (κ3) is 5.24. The number of nitrogens with two attached hydrogens (primary N) is 1. The van der Waals surface area contributed by atoms with Gasteiger partial charge in [0.2, 0.25) is 15.8 Å². The van der Waals surface area contributed by atoms with Crippen molar-refractivity contribution < 1.29 is 23.0 Å². The molecule has 1 aromatic rings. The van der Waals surface area contributed by atoms with Crippen molar-refractivity contribution >= 4 is 10.0 Å². The maximum atomic E-state index is 10.8. The van der Waals surface area contributed by atoms with Crippen molar-refractivity contribution in [2.45, 2.75) is 13.0 Å². The number of benzene rings is 1.